The Morgan fingerprint density at radius 2 is 1.75 bits per heavy atom. The van der Waals surface area contributed by atoms with Gasteiger partial charge in [-0.2, -0.15) is 0 Å². The number of pyridine rings is 1. The molecule has 0 bridgehead atoms. The van der Waals surface area contributed by atoms with Crippen molar-refractivity contribution in [3.05, 3.63) is 82.1 Å². The molecule has 0 aliphatic heterocycles. The standard InChI is InChI=1S/C24H21F2N3O5S2/c1-24(2,3)15-12-18(30)29(14-7-5-4-6-8-14)21-19(15)20(22(35-21)36(27,32)33)34-23(31)28-17-10-9-13(25)11-16(17)26/h4-12H,1-3H3,(H,28,31)(H2,27,32,33). The molecule has 0 saturated heterocycles. The molecule has 1 amide bonds. The number of nitrogens with zero attached hydrogens (tertiary/aromatic N) is 1. The molecule has 0 spiro atoms. The number of nitrogens with two attached hydrogens (primary N) is 1. The van der Waals surface area contributed by atoms with Crippen LogP contribution in [0.1, 0.15) is 26.3 Å². The van der Waals surface area contributed by atoms with Crippen LogP contribution in [0.25, 0.3) is 15.9 Å². The zero-order valence-corrected chi connectivity index (χ0v) is 21.0. The number of nitrogens with one attached hydrogen (secondary N) is 1. The third-order valence-electron chi connectivity index (χ3n) is 5.22. The second-order valence-corrected chi connectivity index (χ2v) is 11.7. The summed E-state index contributed by atoms with van der Waals surface area (Å²) >= 11 is 0.671. The monoisotopic (exact) mass is 533 g/mol. The molecular weight excluding hydrogens is 512 g/mol. The van der Waals surface area contributed by atoms with Gasteiger partial charge in [-0.3, -0.25) is 14.7 Å². The van der Waals surface area contributed by atoms with Crippen LogP contribution in [-0.4, -0.2) is 19.1 Å². The smallest absolute Gasteiger partial charge is 0.407 e. The molecule has 0 saturated carbocycles. The Morgan fingerprint density at radius 1 is 1.08 bits per heavy atom. The summed E-state index contributed by atoms with van der Waals surface area (Å²) in [7, 11) is -4.43. The molecule has 0 aliphatic rings. The predicted molar refractivity (Wildman–Crippen MR) is 133 cm³/mol. The predicted octanol–water partition coefficient (Wildman–Crippen LogP) is 4.89. The first kappa shape index (κ1) is 25.5. The first-order chi connectivity index (χ1) is 16.8. The summed E-state index contributed by atoms with van der Waals surface area (Å²) in [6.45, 7) is 5.42. The molecule has 36 heavy (non-hydrogen) atoms. The normalized spacial score (nSPS) is 12.1. The first-order valence-electron chi connectivity index (χ1n) is 10.5. The number of fused-ring (bicyclic) bond motifs is 1. The number of halogens is 2. The van der Waals surface area contributed by atoms with Crippen molar-refractivity contribution >= 4 is 43.4 Å². The highest BCUT2D eigenvalue weighted by Crippen LogP contribution is 2.45. The van der Waals surface area contributed by atoms with Crippen LogP contribution in [0.2, 0.25) is 0 Å². The zero-order chi connectivity index (χ0) is 26.4. The van der Waals surface area contributed by atoms with Gasteiger partial charge in [0.15, 0.2) is 9.96 Å². The molecule has 3 N–H and O–H groups in total. The molecule has 0 unspecified atom stereocenters. The van der Waals surface area contributed by atoms with Crippen LogP contribution in [0, 0.1) is 11.6 Å². The average molecular weight is 534 g/mol. The van der Waals surface area contributed by atoms with E-state index in [2.05, 4.69) is 5.32 Å². The SMILES string of the molecule is CC(C)(C)c1cc(=O)n(-c2ccccc2)c2sc(S(N)(=O)=O)c(OC(=O)Nc3ccc(F)cc3F)c12. The lowest BCUT2D eigenvalue weighted by Crippen LogP contribution is -2.23. The van der Waals surface area contributed by atoms with Gasteiger partial charge >= 0.3 is 6.09 Å². The summed E-state index contributed by atoms with van der Waals surface area (Å²) in [5.41, 5.74) is -0.613. The van der Waals surface area contributed by atoms with E-state index < -0.39 is 48.7 Å². The van der Waals surface area contributed by atoms with Crippen molar-refractivity contribution < 1.29 is 26.7 Å². The van der Waals surface area contributed by atoms with Gasteiger partial charge in [0.05, 0.1) is 16.8 Å². The van der Waals surface area contributed by atoms with E-state index in [0.717, 1.165) is 12.1 Å². The average Bonchev–Trinajstić information content (AvgIpc) is 3.14. The van der Waals surface area contributed by atoms with E-state index in [-0.39, 0.29) is 15.9 Å². The fourth-order valence-electron chi connectivity index (χ4n) is 3.65. The summed E-state index contributed by atoms with van der Waals surface area (Å²) in [6.07, 6.45) is -1.23. The first-order valence-corrected chi connectivity index (χ1v) is 12.9. The number of primary sulfonamides is 1. The molecule has 2 aromatic heterocycles. The maximum Gasteiger partial charge on any atom is 0.417 e. The second kappa shape index (κ2) is 9.12. The minimum Gasteiger partial charge on any atom is -0.407 e. The van der Waals surface area contributed by atoms with E-state index in [4.69, 9.17) is 9.88 Å². The van der Waals surface area contributed by atoms with Gasteiger partial charge in [0, 0.05) is 12.1 Å². The molecule has 0 atom stereocenters. The summed E-state index contributed by atoms with van der Waals surface area (Å²) in [5, 5.41) is 7.78. The van der Waals surface area contributed by atoms with Crippen LogP contribution in [0.5, 0.6) is 5.75 Å². The van der Waals surface area contributed by atoms with Crippen molar-refractivity contribution in [1.82, 2.24) is 4.57 Å². The lowest BCUT2D eigenvalue weighted by Gasteiger charge is -2.22. The number of thiophene rings is 1. The van der Waals surface area contributed by atoms with E-state index in [1.807, 2.05) is 0 Å². The molecule has 8 nitrogen and oxygen atoms in total. The Kier molecular flexibility index (Phi) is 6.45. The number of ether oxygens (including phenoxy) is 1. The third kappa shape index (κ3) is 4.87. The van der Waals surface area contributed by atoms with Crippen molar-refractivity contribution in [2.75, 3.05) is 5.32 Å². The Balaban J connectivity index is 1.98. The molecule has 188 valence electrons. The fourth-order valence-corrected chi connectivity index (χ4v) is 5.76. The highest BCUT2D eigenvalue weighted by molar-refractivity contribution is 7.91. The molecule has 12 heteroatoms. The number of amides is 1. The number of carbonyl (C=O) groups is 1. The summed E-state index contributed by atoms with van der Waals surface area (Å²) < 4.78 is 58.6. The van der Waals surface area contributed by atoms with E-state index >= 15 is 0 Å². The van der Waals surface area contributed by atoms with Crippen LogP contribution in [0.4, 0.5) is 19.3 Å². The van der Waals surface area contributed by atoms with E-state index in [1.165, 1.54) is 10.6 Å². The lowest BCUT2D eigenvalue weighted by molar-refractivity contribution is 0.214. The quantitative estimate of drug-likeness (QED) is 0.387. The fraction of sp³-hybridized carbons (Fsp3) is 0.167. The Bertz CT molecular complexity index is 1660. The molecule has 4 rings (SSSR count). The molecule has 2 heterocycles. The number of hydrogen-bond donors (Lipinski definition) is 2. The van der Waals surface area contributed by atoms with Crippen molar-refractivity contribution in [2.45, 2.75) is 30.4 Å². The minimum atomic E-state index is -4.43. The number of para-hydroxylation sites is 1. The maximum absolute atomic E-state index is 14.1. The molecule has 0 aliphatic carbocycles. The third-order valence-corrected chi connectivity index (χ3v) is 7.82. The number of aromatic nitrogens is 1. The van der Waals surface area contributed by atoms with Crippen molar-refractivity contribution in [3.63, 3.8) is 0 Å². The molecule has 4 aromatic rings. The Labute approximate surface area is 209 Å². The van der Waals surface area contributed by atoms with Gasteiger partial charge < -0.3 is 4.74 Å². The highest BCUT2D eigenvalue weighted by Gasteiger charge is 2.32. The van der Waals surface area contributed by atoms with Gasteiger partial charge in [0.1, 0.15) is 16.5 Å². The van der Waals surface area contributed by atoms with Gasteiger partial charge in [-0.1, -0.05) is 50.3 Å². The second-order valence-electron chi connectivity index (χ2n) is 8.90. The number of hydrogen-bond acceptors (Lipinski definition) is 6. The number of sulfonamides is 1. The van der Waals surface area contributed by atoms with Crippen molar-refractivity contribution in [3.8, 4) is 11.4 Å². The maximum atomic E-state index is 14.1. The molecular formula is C24H21F2N3O5S2. The Hall–Kier alpha value is -3.61. The van der Waals surface area contributed by atoms with Gasteiger partial charge in [0.2, 0.25) is 0 Å². The van der Waals surface area contributed by atoms with E-state index in [9.17, 15) is 26.8 Å². The number of benzene rings is 2. The Morgan fingerprint density at radius 3 is 2.33 bits per heavy atom. The van der Waals surface area contributed by atoms with E-state index in [1.54, 1.807) is 51.1 Å². The minimum absolute atomic E-state index is 0.190. The number of rotatable bonds is 4. The van der Waals surface area contributed by atoms with Crippen LogP contribution in [0.15, 0.2) is 63.6 Å². The van der Waals surface area contributed by atoms with Crippen molar-refractivity contribution in [2.24, 2.45) is 5.14 Å². The molecule has 2 aromatic carbocycles. The lowest BCUT2D eigenvalue weighted by atomic mass is 9.85. The zero-order valence-electron chi connectivity index (χ0n) is 19.3. The van der Waals surface area contributed by atoms with Gasteiger partial charge in [0.25, 0.3) is 15.6 Å². The number of carbonyl (C=O) groups excluding carboxylic acids is 1. The van der Waals surface area contributed by atoms with E-state index in [0.29, 0.717) is 28.7 Å². The topological polar surface area (TPSA) is 120 Å². The summed E-state index contributed by atoms with van der Waals surface area (Å²) in [5.74, 6) is -2.30. The van der Waals surface area contributed by atoms with Crippen LogP contribution < -0.4 is 20.8 Å². The number of anilines is 1. The summed E-state index contributed by atoms with van der Waals surface area (Å²) in [6, 6.07) is 12.4. The van der Waals surface area contributed by atoms with Gasteiger partial charge in [-0.15, -0.1) is 0 Å². The largest absolute Gasteiger partial charge is 0.417 e. The van der Waals surface area contributed by atoms with Crippen LogP contribution >= 0.6 is 11.3 Å². The van der Waals surface area contributed by atoms with Crippen LogP contribution in [0.3, 0.4) is 0 Å². The summed E-state index contributed by atoms with van der Waals surface area (Å²) in [4.78, 5) is 26.1. The molecule has 0 fully saturated rings. The van der Waals surface area contributed by atoms with Gasteiger partial charge in [-0.05, 0) is 35.2 Å². The van der Waals surface area contributed by atoms with Crippen molar-refractivity contribution in [1.29, 1.82) is 0 Å². The highest BCUT2D eigenvalue weighted by atomic mass is 32.2. The molecule has 0 radical (unpaired) electrons. The van der Waals surface area contributed by atoms with Gasteiger partial charge in [-0.25, -0.2) is 27.1 Å². The van der Waals surface area contributed by atoms with Crippen LogP contribution in [-0.2, 0) is 15.4 Å².